The molecule has 0 unspecified atom stereocenters. The lowest BCUT2D eigenvalue weighted by Gasteiger charge is -2.25. The molecule has 0 spiro atoms. The van der Waals surface area contributed by atoms with Crippen LogP contribution >= 0.6 is 0 Å². The molecule has 150 valence electrons. The zero-order valence-corrected chi connectivity index (χ0v) is 15.6. The summed E-state index contributed by atoms with van der Waals surface area (Å²) in [6.45, 7) is 5.19. The van der Waals surface area contributed by atoms with E-state index in [1.54, 1.807) is 4.90 Å². The summed E-state index contributed by atoms with van der Waals surface area (Å²) in [4.78, 5) is 27.6. The number of alkyl halides is 2. The SMILES string of the molecule is CC(C)CC(=O)N1CC(F)(F)C[C@H]1Cn1cc(C(=O)N2CCOCC2)nn1. The lowest BCUT2D eigenvalue weighted by atomic mass is 10.1. The standard InChI is InChI=1S/C17H25F2N5O3/c1-12(2)7-15(25)24-11-17(18,19)8-13(24)9-23-10-14(20-21-23)16(26)22-3-5-27-6-4-22/h10,12-13H,3-9,11H2,1-2H3/t13-/m0/s1. The zero-order chi connectivity index (χ0) is 19.6. The van der Waals surface area contributed by atoms with Gasteiger partial charge in [-0.3, -0.25) is 9.59 Å². The molecule has 2 amide bonds. The number of amides is 2. The Morgan fingerprint density at radius 2 is 2.04 bits per heavy atom. The molecule has 1 aromatic rings. The van der Waals surface area contributed by atoms with E-state index < -0.39 is 24.9 Å². The van der Waals surface area contributed by atoms with Crippen LogP contribution in [0, 0.1) is 5.92 Å². The van der Waals surface area contributed by atoms with Crippen LogP contribution in [0.25, 0.3) is 0 Å². The molecule has 8 nitrogen and oxygen atoms in total. The van der Waals surface area contributed by atoms with Gasteiger partial charge in [0.1, 0.15) is 0 Å². The van der Waals surface area contributed by atoms with Crippen LogP contribution in [0.15, 0.2) is 6.20 Å². The van der Waals surface area contributed by atoms with Crippen molar-refractivity contribution in [2.75, 3.05) is 32.8 Å². The Morgan fingerprint density at radius 3 is 2.70 bits per heavy atom. The molecule has 0 saturated carbocycles. The molecular formula is C17H25F2N5O3. The van der Waals surface area contributed by atoms with Crippen LogP contribution in [0.1, 0.15) is 37.2 Å². The number of likely N-dealkylation sites (tertiary alicyclic amines) is 1. The van der Waals surface area contributed by atoms with Gasteiger partial charge in [0.25, 0.3) is 11.8 Å². The minimum Gasteiger partial charge on any atom is -0.378 e. The number of hydrogen-bond donors (Lipinski definition) is 0. The second-order valence-corrected chi connectivity index (χ2v) is 7.56. The van der Waals surface area contributed by atoms with Gasteiger partial charge in [-0.05, 0) is 5.92 Å². The summed E-state index contributed by atoms with van der Waals surface area (Å²) in [7, 11) is 0. The fraction of sp³-hybridized carbons (Fsp3) is 0.765. The summed E-state index contributed by atoms with van der Waals surface area (Å²) in [5.41, 5.74) is 0.168. The van der Waals surface area contributed by atoms with Gasteiger partial charge in [-0.15, -0.1) is 5.10 Å². The number of hydrogen-bond acceptors (Lipinski definition) is 5. The van der Waals surface area contributed by atoms with Crippen LogP contribution in [0.5, 0.6) is 0 Å². The van der Waals surface area contributed by atoms with Crippen molar-refractivity contribution in [2.45, 2.75) is 45.2 Å². The highest BCUT2D eigenvalue weighted by Crippen LogP contribution is 2.33. The number of halogens is 2. The minimum atomic E-state index is -2.91. The number of carbonyl (C=O) groups excluding carboxylic acids is 2. The predicted molar refractivity (Wildman–Crippen MR) is 91.3 cm³/mol. The van der Waals surface area contributed by atoms with Crippen LogP contribution in [0.4, 0.5) is 8.78 Å². The summed E-state index contributed by atoms with van der Waals surface area (Å²) in [6.07, 6.45) is 1.27. The lowest BCUT2D eigenvalue weighted by molar-refractivity contribution is -0.134. The van der Waals surface area contributed by atoms with E-state index in [-0.39, 0.29) is 36.4 Å². The van der Waals surface area contributed by atoms with E-state index in [4.69, 9.17) is 4.74 Å². The van der Waals surface area contributed by atoms with Crippen molar-refractivity contribution in [1.29, 1.82) is 0 Å². The Balaban J connectivity index is 1.67. The van der Waals surface area contributed by atoms with E-state index in [1.807, 2.05) is 13.8 Å². The Bertz CT molecular complexity index is 688. The number of morpholine rings is 1. The molecule has 3 rings (SSSR count). The second-order valence-electron chi connectivity index (χ2n) is 7.56. The van der Waals surface area contributed by atoms with Crippen LogP contribution in [0.3, 0.4) is 0 Å². The molecule has 2 saturated heterocycles. The molecule has 2 fully saturated rings. The molecule has 2 aliphatic heterocycles. The summed E-state index contributed by atoms with van der Waals surface area (Å²) in [5, 5.41) is 7.78. The molecule has 2 aliphatic rings. The second kappa shape index (κ2) is 7.87. The van der Waals surface area contributed by atoms with E-state index in [0.29, 0.717) is 26.3 Å². The largest absolute Gasteiger partial charge is 0.378 e. The maximum atomic E-state index is 13.9. The maximum Gasteiger partial charge on any atom is 0.276 e. The van der Waals surface area contributed by atoms with Gasteiger partial charge in [-0.25, -0.2) is 13.5 Å². The molecule has 0 radical (unpaired) electrons. The van der Waals surface area contributed by atoms with Crippen molar-refractivity contribution in [3.05, 3.63) is 11.9 Å². The topological polar surface area (TPSA) is 80.6 Å². The van der Waals surface area contributed by atoms with Crippen LogP contribution in [-0.2, 0) is 16.1 Å². The van der Waals surface area contributed by atoms with Crippen LogP contribution < -0.4 is 0 Å². The first-order chi connectivity index (χ1) is 12.7. The summed E-state index contributed by atoms with van der Waals surface area (Å²) in [6, 6.07) is -0.667. The van der Waals surface area contributed by atoms with Gasteiger partial charge in [-0.2, -0.15) is 0 Å². The van der Waals surface area contributed by atoms with Gasteiger partial charge in [0.2, 0.25) is 5.91 Å². The van der Waals surface area contributed by atoms with Gasteiger partial charge in [0.05, 0.1) is 38.5 Å². The first-order valence-electron chi connectivity index (χ1n) is 9.19. The normalized spacial score (nSPS) is 22.5. The molecule has 0 N–H and O–H groups in total. The average Bonchev–Trinajstić information content (AvgIpc) is 3.18. The van der Waals surface area contributed by atoms with Gasteiger partial charge in [0.15, 0.2) is 5.69 Å². The fourth-order valence-electron chi connectivity index (χ4n) is 3.45. The van der Waals surface area contributed by atoms with Gasteiger partial charge >= 0.3 is 0 Å². The Hall–Kier alpha value is -2.10. The molecule has 10 heteroatoms. The number of ether oxygens (including phenoxy) is 1. The number of rotatable bonds is 5. The third-order valence-corrected chi connectivity index (χ3v) is 4.73. The first kappa shape index (κ1) is 19.7. The Labute approximate surface area is 156 Å². The maximum absolute atomic E-state index is 13.9. The molecule has 0 aromatic carbocycles. The molecule has 0 aliphatic carbocycles. The highest BCUT2D eigenvalue weighted by atomic mass is 19.3. The van der Waals surface area contributed by atoms with Crippen molar-refractivity contribution in [2.24, 2.45) is 5.92 Å². The van der Waals surface area contributed by atoms with Crippen LogP contribution in [-0.4, -0.2) is 81.4 Å². The molecule has 1 atom stereocenters. The number of carbonyl (C=O) groups is 2. The highest BCUT2D eigenvalue weighted by Gasteiger charge is 2.47. The average molecular weight is 385 g/mol. The quantitative estimate of drug-likeness (QED) is 0.756. The minimum absolute atomic E-state index is 0.0861. The van der Waals surface area contributed by atoms with Crippen molar-refractivity contribution in [3.8, 4) is 0 Å². The molecule has 0 bridgehead atoms. The smallest absolute Gasteiger partial charge is 0.276 e. The van der Waals surface area contributed by atoms with Crippen LogP contribution in [0.2, 0.25) is 0 Å². The fourth-order valence-corrected chi connectivity index (χ4v) is 3.45. The van der Waals surface area contributed by atoms with Crippen molar-refractivity contribution in [3.63, 3.8) is 0 Å². The number of nitrogens with zero attached hydrogens (tertiary/aromatic N) is 5. The summed E-state index contributed by atoms with van der Waals surface area (Å²) < 4.78 is 34.4. The molecule has 3 heterocycles. The first-order valence-corrected chi connectivity index (χ1v) is 9.19. The van der Waals surface area contributed by atoms with Gasteiger partial charge < -0.3 is 14.5 Å². The van der Waals surface area contributed by atoms with Gasteiger partial charge in [-0.1, -0.05) is 19.1 Å². The van der Waals surface area contributed by atoms with Crippen molar-refractivity contribution < 1.29 is 23.1 Å². The molecular weight excluding hydrogens is 360 g/mol. The van der Waals surface area contributed by atoms with Gasteiger partial charge in [0, 0.05) is 25.9 Å². The van der Waals surface area contributed by atoms with E-state index in [1.165, 1.54) is 15.8 Å². The lowest BCUT2D eigenvalue weighted by Crippen LogP contribution is -2.40. The van der Waals surface area contributed by atoms with E-state index >= 15 is 0 Å². The third kappa shape index (κ3) is 4.79. The van der Waals surface area contributed by atoms with E-state index in [0.717, 1.165) is 0 Å². The van der Waals surface area contributed by atoms with E-state index in [2.05, 4.69) is 10.3 Å². The van der Waals surface area contributed by atoms with E-state index in [9.17, 15) is 18.4 Å². The number of aromatic nitrogens is 3. The van der Waals surface area contributed by atoms with Crippen molar-refractivity contribution >= 4 is 11.8 Å². The zero-order valence-electron chi connectivity index (χ0n) is 15.6. The third-order valence-electron chi connectivity index (χ3n) is 4.73. The monoisotopic (exact) mass is 385 g/mol. The molecule has 27 heavy (non-hydrogen) atoms. The Morgan fingerprint density at radius 1 is 1.33 bits per heavy atom. The summed E-state index contributed by atoms with van der Waals surface area (Å²) >= 11 is 0. The molecule has 1 aromatic heterocycles. The predicted octanol–water partition coefficient (Wildman–Crippen LogP) is 1.03. The highest BCUT2D eigenvalue weighted by molar-refractivity contribution is 5.92. The Kier molecular flexibility index (Phi) is 5.73. The summed E-state index contributed by atoms with van der Waals surface area (Å²) in [5.74, 6) is -3.35. The van der Waals surface area contributed by atoms with Crippen molar-refractivity contribution in [1.82, 2.24) is 24.8 Å².